The molecule has 0 radical (unpaired) electrons. The van der Waals surface area contributed by atoms with E-state index in [2.05, 4.69) is 76.4 Å². The average molecular weight is 402 g/mol. The number of nitrogens with one attached hydrogen (secondary N) is 1. The molecule has 1 aliphatic rings. The van der Waals surface area contributed by atoms with Gasteiger partial charge < -0.3 is 15.1 Å². The van der Waals surface area contributed by atoms with E-state index in [-0.39, 0.29) is 6.03 Å². The van der Waals surface area contributed by atoms with Gasteiger partial charge in [0.2, 0.25) is 0 Å². The Hall–Kier alpha value is -2.01. The highest BCUT2D eigenvalue weighted by Gasteiger charge is 2.21. The van der Waals surface area contributed by atoms with Gasteiger partial charge in [-0.2, -0.15) is 0 Å². The average Bonchev–Trinajstić information content (AvgIpc) is 2.63. The Kier molecular flexibility index (Phi) is 5.63. The molecule has 2 amide bonds. The van der Waals surface area contributed by atoms with Crippen molar-refractivity contribution in [1.82, 2.24) is 4.90 Å². The molecule has 0 aromatic heterocycles. The van der Waals surface area contributed by atoms with Gasteiger partial charge in [0, 0.05) is 42.0 Å². The summed E-state index contributed by atoms with van der Waals surface area (Å²) in [4.78, 5) is 16.7. The van der Waals surface area contributed by atoms with Gasteiger partial charge in [-0.05, 0) is 47.9 Å². The minimum atomic E-state index is -0.0206. The monoisotopic (exact) mass is 401 g/mol. The van der Waals surface area contributed by atoms with Crippen molar-refractivity contribution < 1.29 is 4.79 Å². The molecule has 0 atom stereocenters. The fourth-order valence-corrected chi connectivity index (χ4v) is 3.24. The van der Waals surface area contributed by atoms with Crippen molar-refractivity contribution >= 4 is 33.3 Å². The first-order valence-electron chi connectivity index (χ1n) is 8.69. The van der Waals surface area contributed by atoms with Crippen molar-refractivity contribution in [3.8, 4) is 0 Å². The van der Waals surface area contributed by atoms with Crippen LogP contribution in [0.5, 0.6) is 0 Å². The number of halogens is 1. The number of carbonyl (C=O) groups excluding carboxylic acids is 1. The van der Waals surface area contributed by atoms with E-state index in [1.54, 1.807) is 0 Å². The van der Waals surface area contributed by atoms with Crippen LogP contribution in [0.15, 0.2) is 53.0 Å². The van der Waals surface area contributed by atoms with E-state index < -0.39 is 0 Å². The smallest absolute Gasteiger partial charge is 0.321 e. The Morgan fingerprint density at radius 2 is 1.56 bits per heavy atom. The number of hydrogen-bond acceptors (Lipinski definition) is 2. The Labute approximate surface area is 158 Å². The summed E-state index contributed by atoms with van der Waals surface area (Å²) in [5, 5.41) is 3.00. The molecule has 0 bridgehead atoms. The van der Waals surface area contributed by atoms with Crippen molar-refractivity contribution in [1.29, 1.82) is 0 Å². The summed E-state index contributed by atoms with van der Waals surface area (Å²) in [6, 6.07) is 16.4. The van der Waals surface area contributed by atoms with Gasteiger partial charge in [0.1, 0.15) is 0 Å². The van der Waals surface area contributed by atoms with Gasteiger partial charge in [0.25, 0.3) is 0 Å². The molecule has 1 heterocycles. The van der Waals surface area contributed by atoms with Crippen LogP contribution < -0.4 is 10.2 Å². The van der Waals surface area contributed by atoms with Gasteiger partial charge >= 0.3 is 6.03 Å². The molecule has 5 heteroatoms. The number of amides is 2. The third-order valence-electron chi connectivity index (χ3n) is 4.59. The number of urea groups is 1. The van der Waals surface area contributed by atoms with Gasteiger partial charge in [-0.25, -0.2) is 4.79 Å². The second kappa shape index (κ2) is 7.91. The predicted molar refractivity (Wildman–Crippen MR) is 107 cm³/mol. The molecule has 25 heavy (non-hydrogen) atoms. The molecule has 0 spiro atoms. The van der Waals surface area contributed by atoms with Crippen LogP contribution in [0.4, 0.5) is 16.2 Å². The first-order valence-corrected chi connectivity index (χ1v) is 9.48. The highest BCUT2D eigenvalue weighted by Crippen LogP contribution is 2.21. The van der Waals surface area contributed by atoms with Crippen molar-refractivity contribution in [3.63, 3.8) is 0 Å². The normalized spacial score (nSPS) is 14.7. The second-order valence-corrected chi connectivity index (χ2v) is 7.57. The standard InChI is InChI=1S/C20H24BrN3O/c1-15(2)16-3-7-18(8-4-16)22-20(25)24-13-11-23(12-14-24)19-9-5-17(21)6-10-19/h3-10,15H,11-14H2,1-2H3,(H,22,25). The van der Waals surface area contributed by atoms with Gasteiger partial charge in [-0.1, -0.05) is 41.9 Å². The van der Waals surface area contributed by atoms with E-state index in [1.165, 1.54) is 11.3 Å². The van der Waals surface area contributed by atoms with E-state index in [9.17, 15) is 4.79 Å². The van der Waals surface area contributed by atoms with Gasteiger partial charge in [0.15, 0.2) is 0 Å². The maximum absolute atomic E-state index is 12.5. The molecule has 0 unspecified atom stereocenters. The maximum Gasteiger partial charge on any atom is 0.321 e. The number of carbonyl (C=O) groups is 1. The molecular weight excluding hydrogens is 378 g/mol. The SMILES string of the molecule is CC(C)c1ccc(NC(=O)N2CCN(c3ccc(Br)cc3)CC2)cc1. The molecule has 132 valence electrons. The summed E-state index contributed by atoms with van der Waals surface area (Å²) in [7, 11) is 0. The Balaban J connectivity index is 1.53. The Morgan fingerprint density at radius 3 is 2.12 bits per heavy atom. The van der Waals surface area contributed by atoms with Crippen molar-refractivity contribution in [2.75, 3.05) is 36.4 Å². The van der Waals surface area contributed by atoms with Crippen LogP contribution >= 0.6 is 15.9 Å². The van der Waals surface area contributed by atoms with E-state index >= 15 is 0 Å². The zero-order chi connectivity index (χ0) is 17.8. The van der Waals surface area contributed by atoms with Crippen LogP contribution in [0.1, 0.15) is 25.3 Å². The summed E-state index contributed by atoms with van der Waals surface area (Å²) in [6.45, 7) is 7.48. The van der Waals surface area contributed by atoms with Gasteiger partial charge in [-0.15, -0.1) is 0 Å². The highest BCUT2D eigenvalue weighted by molar-refractivity contribution is 9.10. The minimum absolute atomic E-state index is 0.0206. The second-order valence-electron chi connectivity index (χ2n) is 6.66. The summed E-state index contributed by atoms with van der Waals surface area (Å²) in [5.74, 6) is 0.497. The van der Waals surface area contributed by atoms with Crippen LogP contribution in [-0.4, -0.2) is 37.1 Å². The van der Waals surface area contributed by atoms with Crippen LogP contribution in [0.2, 0.25) is 0 Å². The van der Waals surface area contributed by atoms with Crippen LogP contribution in [0.3, 0.4) is 0 Å². The molecule has 3 rings (SSSR count). The number of rotatable bonds is 3. The lowest BCUT2D eigenvalue weighted by Gasteiger charge is -2.36. The molecule has 2 aromatic carbocycles. The quantitative estimate of drug-likeness (QED) is 0.791. The summed E-state index contributed by atoms with van der Waals surface area (Å²) in [5.41, 5.74) is 3.33. The van der Waals surface area contributed by atoms with E-state index in [4.69, 9.17) is 0 Å². The van der Waals surface area contributed by atoms with Crippen LogP contribution in [0.25, 0.3) is 0 Å². The zero-order valence-corrected chi connectivity index (χ0v) is 16.3. The molecule has 1 fully saturated rings. The Morgan fingerprint density at radius 1 is 0.960 bits per heavy atom. The number of piperazine rings is 1. The molecule has 0 aliphatic carbocycles. The van der Waals surface area contributed by atoms with Crippen LogP contribution in [-0.2, 0) is 0 Å². The predicted octanol–water partition coefficient (Wildman–Crippen LogP) is 4.93. The van der Waals surface area contributed by atoms with E-state index in [0.717, 1.165) is 36.3 Å². The highest BCUT2D eigenvalue weighted by atomic mass is 79.9. The molecule has 0 saturated carbocycles. The van der Waals surface area contributed by atoms with E-state index in [1.807, 2.05) is 17.0 Å². The largest absolute Gasteiger partial charge is 0.368 e. The number of benzene rings is 2. The maximum atomic E-state index is 12.5. The topological polar surface area (TPSA) is 35.6 Å². The lowest BCUT2D eigenvalue weighted by Crippen LogP contribution is -2.50. The summed E-state index contributed by atoms with van der Waals surface area (Å²) < 4.78 is 1.08. The zero-order valence-electron chi connectivity index (χ0n) is 14.7. The summed E-state index contributed by atoms with van der Waals surface area (Å²) in [6.07, 6.45) is 0. The van der Waals surface area contributed by atoms with Crippen molar-refractivity contribution in [3.05, 3.63) is 58.6 Å². The van der Waals surface area contributed by atoms with Crippen LogP contribution in [0, 0.1) is 0 Å². The van der Waals surface area contributed by atoms with Gasteiger partial charge in [-0.3, -0.25) is 0 Å². The molecular formula is C20H24BrN3O. The van der Waals surface area contributed by atoms with Crippen molar-refractivity contribution in [2.45, 2.75) is 19.8 Å². The first-order chi connectivity index (χ1) is 12.0. The molecule has 2 aromatic rings. The molecule has 1 aliphatic heterocycles. The van der Waals surface area contributed by atoms with Crippen molar-refractivity contribution in [2.24, 2.45) is 0 Å². The number of anilines is 2. The Bertz CT molecular complexity index is 705. The fourth-order valence-electron chi connectivity index (χ4n) is 2.97. The van der Waals surface area contributed by atoms with Gasteiger partial charge in [0.05, 0.1) is 0 Å². The third kappa shape index (κ3) is 4.54. The lowest BCUT2D eigenvalue weighted by molar-refractivity contribution is 0.208. The molecule has 1 N–H and O–H groups in total. The first kappa shape index (κ1) is 17.8. The molecule has 4 nitrogen and oxygen atoms in total. The summed E-state index contributed by atoms with van der Waals surface area (Å²) >= 11 is 3.46. The molecule has 1 saturated heterocycles. The van der Waals surface area contributed by atoms with E-state index in [0.29, 0.717) is 5.92 Å². The fraction of sp³-hybridized carbons (Fsp3) is 0.350. The number of hydrogen-bond donors (Lipinski definition) is 1. The number of nitrogens with zero attached hydrogens (tertiary/aromatic N) is 2. The minimum Gasteiger partial charge on any atom is -0.368 e. The lowest BCUT2D eigenvalue weighted by atomic mass is 10.0. The third-order valence-corrected chi connectivity index (χ3v) is 5.12.